The summed E-state index contributed by atoms with van der Waals surface area (Å²) in [5.41, 5.74) is 3.83. The monoisotopic (exact) mass is 271 g/mol. The third-order valence-corrected chi connectivity index (χ3v) is 3.50. The van der Waals surface area contributed by atoms with E-state index >= 15 is 0 Å². The molecule has 0 fully saturated rings. The summed E-state index contributed by atoms with van der Waals surface area (Å²) in [7, 11) is 0. The van der Waals surface area contributed by atoms with Crippen molar-refractivity contribution in [1.29, 1.82) is 0 Å². The Morgan fingerprint density at radius 3 is 2.55 bits per heavy atom. The number of aromatic nitrogens is 2. The molecule has 0 spiro atoms. The van der Waals surface area contributed by atoms with Gasteiger partial charge in [0.2, 0.25) is 0 Å². The van der Waals surface area contributed by atoms with Gasteiger partial charge >= 0.3 is 0 Å². The number of benzene rings is 1. The summed E-state index contributed by atoms with van der Waals surface area (Å²) in [5, 5.41) is 7.83. The average molecular weight is 271 g/mol. The maximum atomic E-state index is 4.38. The second-order valence-corrected chi connectivity index (χ2v) is 5.30. The SMILES string of the molecule is CCCn1nccc1-c1ccc(CC(C)NCC)cc1. The van der Waals surface area contributed by atoms with Gasteiger partial charge in [0.15, 0.2) is 0 Å². The van der Waals surface area contributed by atoms with Gasteiger partial charge in [-0.15, -0.1) is 0 Å². The van der Waals surface area contributed by atoms with E-state index in [0.29, 0.717) is 6.04 Å². The highest BCUT2D eigenvalue weighted by molar-refractivity contribution is 5.59. The fraction of sp³-hybridized carbons (Fsp3) is 0.471. The van der Waals surface area contributed by atoms with E-state index in [-0.39, 0.29) is 0 Å². The summed E-state index contributed by atoms with van der Waals surface area (Å²) in [5.74, 6) is 0. The second-order valence-electron chi connectivity index (χ2n) is 5.30. The molecule has 0 bridgehead atoms. The van der Waals surface area contributed by atoms with Crippen molar-refractivity contribution in [3.8, 4) is 11.3 Å². The van der Waals surface area contributed by atoms with Gasteiger partial charge in [0, 0.05) is 18.8 Å². The molecule has 0 aliphatic carbocycles. The zero-order valence-corrected chi connectivity index (χ0v) is 12.8. The molecule has 1 aromatic heterocycles. The molecule has 1 atom stereocenters. The van der Waals surface area contributed by atoms with Gasteiger partial charge in [-0.25, -0.2) is 0 Å². The molecule has 0 radical (unpaired) electrons. The van der Waals surface area contributed by atoms with Gasteiger partial charge in [-0.1, -0.05) is 38.1 Å². The van der Waals surface area contributed by atoms with E-state index in [1.54, 1.807) is 0 Å². The standard InChI is InChI=1S/C17H25N3/c1-4-12-20-17(10-11-19-20)16-8-6-15(7-9-16)13-14(3)18-5-2/h6-11,14,18H,4-5,12-13H2,1-3H3. The van der Waals surface area contributed by atoms with E-state index in [0.717, 1.165) is 25.9 Å². The molecule has 2 aromatic rings. The van der Waals surface area contributed by atoms with Gasteiger partial charge in [-0.2, -0.15) is 5.10 Å². The van der Waals surface area contributed by atoms with E-state index in [9.17, 15) is 0 Å². The molecule has 0 saturated carbocycles. The Morgan fingerprint density at radius 2 is 1.90 bits per heavy atom. The summed E-state index contributed by atoms with van der Waals surface area (Å²) in [6, 6.07) is 11.5. The third-order valence-electron chi connectivity index (χ3n) is 3.50. The Balaban J connectivity index is 2.09. The van der Waals surface area contributed by atoms with E-state index in [4.69, 9.17) is 0 Å². The van der Waals surface area contributed by atoms with E-state index in [1.165, 1.54) is 16.8 Å². The van der Waals surface area contributed by atoms with Gasteiger partial charge in [0.1, 0.15) is 0 Å². The minimum absolute atomic E-state index is 0.525. The highest BCUT2D eigenvalue weighted by Gasteiger charge is 2.06. The molecule has 108 valence electrons. The lowest BCUT2D eigenvalue weighted by Crippen LogP contribution is -2.27. The largest absolute Gasteiger partial charge is 0.314 e. The lowest BCUT2D eigenvalue weighted by atomic mass is 10.0. The van der Waals surface area contributed by atoms with Crippen LogP contribution in [0.3, 0.4) is 0 Å². The number of hydrogen-bond acceptors (Lipinski definition) is 2. The first-order valence-corrected chi connectivity index (χ1v) is 7.59. The van der Waals surface area contributed by atoms with Crippen LogP contribution in [0, 0.1) is 0 Å². The maximum Gasteiger partial charge on any atom is 0.0682 e. The van der Waals surface area contributed by atoms with Crippen LogP contribution in [-0.2, 0) is 13.0 Å². The molecular formula is C17H25N3. The molecule has 1 heterocycles. The fourth-order valence-corrected chi connectivity index (χ4v) is 2.55. The number of aryl methyl sites for hydroxylation is 1. The first-order valence-electron chi connectivity index (χ1n) is 7.59. The zero-order chi connectivity index (χ0) is 14.4. The number of hydrogen-bond donors (Lipinski definition) is 1. The van der Waals surface area contributed by atoms with Crippen LogP contribution < -0.4 is 5.32 Å². The molecule has 3 heteroatoms. The smallest absolute Gasteiger partial charge is 0.0682 e. The Hall–Kier alpha value is -1.61. The molecule has 1 aromatic carbocycles. The Bertz CT molecular complexity index is 513. The molecule has 0 aliphatic heterocycles. The van der Waals surface area contributed by atoms with Gasteiger partial charge in [0.05, 0.1) is 5.69 Å². The summed E-state index contributed by atoms with van der Waals surface area (Å²) in [6.07, 6.45) is 4.06. The van der Waals surface area contributed by atoms with Crippen molar-refractivity contribution < 1.29 is 0 Å². The van der Waals surface area contributed by atoms with Crippen molar-refractivity contribution in [2.75, 3.05) is 6.54 Å². The molecule has 0 saturated heterocycles. The lowest BCUT2D eigenvalue weighted by molar-refractivity contribution is 0.565. The Labute approximate surface area is 122 Å². The topological polar surface area (TPSA) is 29.9 Å². The van der Waals surface area contributed by atoms with Crippen LogP contribution in [0.2, 0.25) is 0 Å². The van der Waals surface area contributed by atoms with Crippen molar-refractivity contribution in [3.63, 3.8) is 0 Å². The predicted octanol–water partition coefficient (Wildman–Crippen LogP) is 3.50. The minimum atomic E-state index is 0.525. The Kier molecular flexibility index (Phi) is 5.36. The summed E-state index contributed by atoms with van der Waals surface area (Å²) >= 11 is 0. The van der Waals surface area contributed by atoms with Crippen LogP contribution >= 0.6 is 0 Å². The van der Waals surface area contributed by atoms with Gasteiger partial charge in [0.25, 0.3) is 0 Å². The lowest BCUT2D eigenvalue weighted by Gasteiger charge is -2.12. The number of nitrogens with zero attached hydrogens (tertiary/aromatic N) is 2. The number of rotatable bonds is 7. The van der Waals surface area contributed by atoms with E-state index < -0.39 is 0 Å². The van der Waals surface area contributed by atoms with Crippen molar-refractivity contribution in [2.24, 2.45) is 0 Å². The quantitative estimate of drug-likeness (QED) is 0.835. The van der Waals surface area contributed by atoms with Crippen LogP contribution in [-0.4, -0.2) is 22.4 Å². The van der Waals surface area contributed by atoms with Crippen LogP contribution in [0.5, 0.6) is 0 Å². The predicted molar refractivity (Wildman–Crippen MR) is 84.8 cm³/mol. The first kappa shape index (κ1) is 14.8. The second kappa shape index (κ2) is 7.25. The Morgan fingerprint density at radius 1 is 1.15 bits per heavy atom. The summed E-state index contributed by atoms with van der Waals surface area (Å²) < 4.78 is 2.08. The van der Waals surface area contributed by atoms with Crippen molar-refractivity contribution in [1.82, 2.24) is 15.1 Å². The molecule has 1 unspecified atom stereocenters. The molecule has 1 N–H and O–H groups in total. The highest BCUT2D eigenvalue weighted by Crippen LogP contribution is 2.20. The van der Waals surface area contributed by atoms with Crippen molar-refractivity contribution >= 4 is 0 Å². The highest BCUT2D eigenvalue weighted by atomic mass is 15.3. The molecule has 0 aliphatic rings. The van der Waals surface area contributed by atoms with E-state index in [1.807, 2.05) is 6.20 Å². The summed E-state index contributed by atoms with van der Waals surface area (Å²) in [6.45, 7) is 8.55. The first-order chi connectivity index (χ1) is 9.74. The van der Waals surface area contributed by atoms with Gasteiger partial charge in [-0.3, -0.25) is 4.68 Å². The summed E-state index contributed by atoms with van der Waals surface area (Å²) in [4.78, 5) is 0. The van der Waals surface area contributed by atoms with Crippen LogP contribution in [0.25, 0.3) is 11.3 Å². The molecule has 20 heavy (non-hydrogen) atoms. The zero-order valence-electron chi connectivity index (χ0n) is 12.8. The third kappa shape index (κ3) is 3.70. The average Bonchev–Trinajstić information content (AvgIpc) is 2.89. The van der Waals surface area contributed by atoms with Crippen molar-refractivity contribution in [2.45, 2.75) is 46.2 Å². The van der Waals surface area contributed by atoms with Gasteiger partial charge in [-0.05, 0) is 43.5 Å². The van der Waals surface area contributed by atoms with Gasteiger partial charge < -0.3 is 5.32 Å². The van der Waals surface area contributed by atoms with Crippen LogP contribution in [0.4, 0.5) is 0 Å². The minimum Gasteiger partial charge on any atom is -0.314 e. The van der Waals surface area contributed by atoms with Crippen LogP contribution in [0.15, 0.2) is 36.5 Å². The van der Waals surface area contributed by atoms with Crippen LogP contribution in [0.1, 0.15) is 32.8 Å². The normalized spacial score (nSPS) is 12.6. The molecule has 0 amide bonds. The number of nitrogens with one attached hydrogen (secondary N) is 1. The molecular weight excluding hydrogens is 246 g/mol. The number of likely N-dealkylation sites (N-methyl/N-ethyl adjacent to an activating group) is 1. The molecule has 3 nitrogen and oxygen atoms in total. The fourth-order valence-electron chi connectivity index (χ4n) is 2.55. The van der Waals surface area contributed by atoms with E-state index in [2.05, 4.69) is 66.2 Å². The maximum absolute atomic E-state index is 4.38. The van der Waals surface area contributed by atoms with Crippen molar-refractivity contribution in [3.05, 3.63) is 42.1 Å². The molecule has 2 rings (SSSR count).